The number of fused-ring (bicyclic) bond motifs is 9. The molecule has 45 heavy (non-hydrogen) atoms. The molecule has 2 nitrogen and oxygen atoms in total. The first-order chi connectivity index (χ1) is 22.3. The predicted octanol–water partition coefficient (Wildman–Crippen LogP) is 12.6. The zero-order chi connectivity index (χ0) is 29.5. The molecule has 0 aliphatic rings. The fourth-order valence-corrected chi connectivity index (χ4v) is 10.2. The number of thiophene rings is 3. The maximum absolute atomic E-state index is 5.16. The van der Waals surface area contributed by atoms with Crippen LogP contribution in [0.25, 0.3) is 94.3 Å². The highest BCUT2D eigenvalue weighted by molar-refractivity contribution is 7.27. The van der Waals surface area contributed by atoms with Crippen molar-refractivity contribution in [3.63, 3.8) is 0 Å². The third-order valence-corrected chi connectivity index (χ3v) is 12.2. The Hall–Kier alpha value is -4.94. The summed E-state index contributed by atoms with van der Waals surface area (Å²) in [6.07, 6.45) is 1.93. The first kappa shape index (κ1) is 25.4. The van der Waals surface area contributed by atoms with Crippen LogP contribution in [0.2, 0.25) is 0 Å². The first-order valence-electron chi connectivity index (χ1n) is 14.9. The summed E-state index contributed by atoms with van der Waals surface area (Å²) < 4.78 is 6.52. The fraction of sp³-hybridized carbons (Fsp3) is 0. The van der Waals surface area contributed by atoms with Crippen LogP contribution in [0.15, 0.2) is 134 Å². The Morgan fingerprint density at radius 3 is 1.73 bits per heavy atom. The Labute approximate surface area is 270 Å². The molecule has 0 amide bonds. The van der Waals surface area contributed by atoms with E-state index in [1.54, 1.807) is 11.3 Å². The van der Waals surface area contributed by atoms with Gasteiger partial charge in [0.25, 0.3) is 0 Å². The lowest BCUT2D eigenvalue weighted by molar-refractivity contribution is 1.32. The van der Waals surface area contributed by atoms with Crippen LogP contribution in [0.3, 0.4) is 0 Å². The summed E-state index contributed by atoms with van der Waals surface area (Å²) in [5, 5.41) is 6.44. The van der Waals surface area contributed by atoms with Crippen LogP contribution in [-0.2, 0) is 0 Å². The molecule has 0 aliphatic carbocycles. The van der Waals surface area contributed by atoms with Gasteiger partial charge in [-0.2, -0.15) is 0 Å². The number of hydrogen-bond acceptors (Lipinski definition) is 5. The molecule has 0 atom stereocenters. The standard InChI is InChI=1S/C40H22N2S3/c1-3-16-34-28(10-1)30-14-6-12-26(38(30)43-34)23-8-5-9-25(20-23)33-22-41-37-32-19-18-24(21-36(32)45-40(37)42-33)27-13-7-15-31-29-11-2-4-17-35(29)44-39(27)31/h1-22H. The Balaban J connectivity index is 1.07. The minimum absolute atomic E-state index is 0.898. The van der Waals surface area contributed by atoms with Crippen LogP contribution >= 0.6 is 34.0 Å². The third-order valence-electron chi connectivity index (χ3n) is 8.77. The molecule has 0 unspecified atom stereocenters. The number of aromatic nitrogens is 2. The Kier molecular flexibility index (Phi) is 5.52. The van der Waals surface area contributed by atoms with E-state index in [1.807, 2.05) is 28.9 Å². The van der Waals surface area contributed by atoms with E-state index in [9.17, 15) is 0 Å². The Morgan fingerprint density at radius 1 is 0.422 bits per heavy atom. The summed E-state index contributed by atoms with van der Waals surface area (Å²) in [6.45, 7) is 0. The van der Waals surface area contributed by atoms with Crippen molar-refractivity contribution in [3.05, 3.63) is 134 Å². The van der Waals surface area contributed by atoms with Gasteiger partial charge in [0.1, 0.15) is 10.3 Å². The normalized spacial score (nSPS) is 12.0. The molecule has 0 fully saturated rings. The molecule has 0 saturated heterocycles. The van der Waals surface area contributed by atoms with Gasteiger partial charge in [0.2, 0.25) is 0 Å². The number of hydrogen-bond donors (Lipinski definition) is 0. The van der Waals surface area contributed by atoms with Crippen LogP contribution in [0, 0.1) is 0 Å². The molecule has 4 aromatic heterocycles. The van der Waals surface area contributed by atoms with E-state index in [4.69, 9.17) is 9.97 Å². The van der Waals surface area contributed by atoms with E-state index in [0.29, 0.717) is 0 Å². The second kappa shape index (κ2) is 9.78. The largest absolute Gasteiger partial charge is 0.251 e. The number of rotatable bonds is 3. The van der Waals surface area contributed by atoms with Crippen molar-refractivity contribution < 1.29 is 0 Å². The molecule has 10 aromatic rings. The topological polar surface area (TPSA) is 25.8 Å². The first-order valence-corrected chi connectivity index (χ1v) is 17.3. The molecule has 5 heteroatoms. The maximum atomic E-state index is 5.16. The van der Waals surface area contributed by atoms with Crippen molar-refractivity contribution in [1.82, 2.24) is 9.97 Å². The molecule has 210 valence electrons. The van der Waals surface area contributed by atoms with Gasteiger partial charge in [0, 0.05) is 56.0 Å². The summed E-state index contributed by atoms with van der Waals surface area (Å²) in [5.41, 5.74) is 7.91. The molecule has 0 bridgehead atoms. The van der Waals surface area contributed by atoms with E-state index >= 15 is 0 Å². The lowest BCUT2D eigenvalue weighted by Gasteiger charge is -2.07. The van der Waals surface area contributed by atoms with Crippen LogP contribution in [0.1, 0.15) is 0 Å². The van der Waals surface area contributed by atoms with Crippen molar-refractivity contribution in [2.75, 3.05) is 0 Å². The zero-order valence-corrected chi connectivity index (χ0v) is 26.3. The molecule has 0 saturated carbocycles. The maximum Gasteiger partial charge on any atom is 0.143 e. The van der Waals surface area contributed by atoms with Crippen molar-refractivity contribution in [2.24, 2.45) is 0 Å². The van der Waals surface area contributed by atoms with Crippen LogP contribution in [0.4, 0.5) is 0 Å². The van der Waals surface area contributed by atoms with Gasteiger partial charge in [-0.1, -0.05) is 103 Å². The van der Waals surface area contributed by atoms with E-state index in [1.165, 1.54) is 67.3 Å². The van der Waals surface area contributed by atoms with Gasteiger partial charge in [0.15, 0.2) is 0 Å². The van der Waals surface area contributed by atoms with Gasteiger partial charge in [-0.15, -0.1) is 34.0 Å². The van der Waals surface area contributed by atoms with Crippen molar-refractivity contribution in [2.45, 2.75) is 0 Å². The number of benzene rings is 6. The van der Waals surface area contributed by atoms with Gasteiger partial charge in [-0.05, 0) is 46.5 Å². The number of nitrogens with zero attached hydrogens (tertiary/aromatic N) is 2. The van der Waals surface area contributed by atoms with Gasteiger partial charge >= 0.3 is 0 Å². The average Bonchev–Trinajstić information content (AvgIpc) is 3.78. The average molecular weight is 627 g/mol. The second-order valence-corrected chi connectivity index (χ2v) is 14.5. The van der Waals surface area contributed by atoms with Gasteiger partial charge < -0.3 is 0 Å². The summed E-state index contributed by atoms with van der Waals surface area (Å²) in [6, 6.07) is 46.2. The molecular weight excluding hydrogens is 605 g/mol. The van der Waals surface area contributed by atoms with Gasteiger partial charge in [-0.25, -0.2) is 4.98 Å². The lowest BCUT2D eigenvalue weighted by atomic mass is 10.00. The summed E-state index contributed by atoms with van der Waals surface area (Å²) in [7, 11) is 0. The smallest absolute Gasteiger partial charge is 0.143 e. The summed E-state index contributed by atoms with van der Waals surface area (Å²) in [5.74, 6) is 0. The Morgan fingerprint density at radius 2 is 1.02 bits per heavy atom. The van der Waals surface area contributed by atoms with Crippen molar-refractivity contribution in [3.8, 4) is 33.5 Å². The van der Waals surface area contributed by atoms with Crippen LogP contribution < -0.4 is 0 Å². The lowest BCUT2D eigenvalue weighted by Crippen LogP contribution is -1.87. The SMILES string of the molecule is c1cc(-c2cnc3c(n2)sc2cc(-c4cccc5c4sc4ccccc45)ccc23)cc(-c2cccc3c2sc2ccccc23)c1. The van der Waals surface area contributed by atoms with Crippen LogP contribution in [-0.4, -0.2) is 9.97 Å². The molecular formula is C40H22N2S3. The highest BCUT2D eigenvalue weighted by Crippen LogP contribution is 2.43. The zero-order valence-electron chi connectivity index (χ0n) is 23.8. The monoisotopic (exact) mass is 626 g/mol. The fourth-order valence-electron chi connectivity index (χ4n) is 6.64. The molecule has 0 N–H and O–H groups in total. The highest BCUT2D eigenvalue weighted by Gasteiger charge is 2.15. The highest BCUT2D eigenvalue weighted by atomic mass is 32.1. The molecule has 10 rings (SSSR count). The van der Waals surface area contributed by atoms with E-state index in [-0.39, 0.29) is 0 Å². The quantitative estimate of drug-likeness (QED) is 0.195. The molecule has 4 heterocycles. The summed E-state index contributed by atoms with van der Waals surface area (Å²) in [4.78, 5) is 11.1. The van der Waals surface area contributed by atoms with E-state index in [2.05, 4.69) is 127 Å². The van der Waals surface area contributed by atoms with E-state index < -0.39 is 0 Å². The van der Waals surface area contributed by atoms with Crippen molar-refractivity contribution in [1.29, 1.82) is 0 Å². The molecule has 0 radical (unpaired) electrons. The molecule has 0 aliphatic heterocycles. The summed E-state index contributed by atoms with van der Waals surface area (Å²) >= 11 is 5.46. The van der Waals surface area contributed by atoms with Crippen LogP contribution in [0.5, 0.6) is 0 Å². The Bertz CT molecular complexity index is 2780. The third kappa shape index (κ3) is 3.91. The minimum Gasteiger partial charge on any atom is -0.251 e. The predicted molar refractivity (Wildman–Crippen MR) is 197 cm³/mol. The van der Waals surface area contributed by atoms with Gasteiger partial charge in [0.05, 0.1) is 11.9 Å². The second-order valence-electron chi connectivity index (χ2n) is 11.4. The van der Waals surface area contributed by atoms with E-state index in [0.717, 1.165) is 27.0 Å². The minimum atomic E-state index is 0.898. The molecule has 0 spiro atoms. The van der Waals surface area contributed by atoms with Gasteiger partial charge in [-0.3, -0.25) is 4.98 Å². The van der Waals surface area contributed by atoms with Crippen molar-refractivity contribution >= 4 is 94.8 Å². The molecule has 6 aromatic carbocycles.